The zero-order valence-electron chi connectivity index (χ0n) is 12.7. The van der Waals surface area contributed by atoms with Crippen molar-refractivity contribution in [1.29, 1.82) is 0 Å². The number of carbonyl (C=O) groups excluding carboxylic acids is 2. The number of amides is 3. The second kappa shape index (κ2) is 13.7. The number of carboxylic acids is 1. The molecule has 122 valence electrons. The van der Waals surface area contributed by atoms with Gasteiger partial charge in [0.2, 0.25) is 5.91 Å². The van der Waals surface area contributed by atoms with E-state index < -0.39 is 12.0 Å². The number of thioether (sulfide) groups is 1. The quantitative estimate of drug-likeness (QED) is 0.480. The van der Waals surface area contributed by atoms with Gasteiger partial charge in [0.05, 0.1) is 0 Å². The molecule has 0 aromatic heterocycles. The Balaban J connectivity index is 3.43. The zero-order chi connectivity index (χ0) is 15.9. The summed E-state index contributed by atoms with van der Waals surface area (Å²) >= 11 is 1.84. The molecule has 0 saturated carbocycles. The van der Waals surface area contributed by atoms with E-state index in [1.165, 1.54) is 12.2 Å². The van der Waals surface area contributed by atoms with Crippen molar-refractivity contribution in [3.63, 3.8) is 0 Å². The fourth-order valence-corrected chi connectivity index (χ4v) is 2.21. The zero-order valence-corrected chi connectivity index (χ0v) is 13.5. The van der Waals surface area contributed by atoms with E-state index in [0.717, 1.165) is 19.3 Å². The van der Waals surface area contributed by atoms with Crippen molar-refractivity contribution in [2.75, 3.05) is 18.6 Å². The minimum Gasteiger partial charge on any atom is -0.481 e. The van der Waals surface area contributed by atoms with Crippen LogP contribution in [0.1, 0.15) is 51.4 Å². The molecule has 0 aromatic rings. The minimum atomic E-state index is -0.870. The highest BCUT2D eigenvalue weighted by molar-refractivity contribution is 7.98. The van der Waals surface area contributed by atoms with Crippen LogP contribution in [0, 0.1) is 0 Å². The lowest BCUT2D eigenvalue weighted by atomic mass is 10.2. The number of urea groups is 1. The van der Waals surface area contributed by atoms with Gasteiger partial charge in [-0.2, -0.15) is 11.8 Å². The Labute approximate surface area is 130 Å². The topological polar surface area (TPSA) is 95.5 Å². The lowest BCUT2D eigenvalue weighted by Gasteiger charge is -2.06. The number of hydrogen-bond acceptors (Lipinski definition) is 4. The molecule has 0 aliphatic carbocycles. The second-order valence-corrected chi connectivity index (χ2v) is 5.80. The van der Waals surface area contributed by atoms with Gasteiger partial charge in [-0.25, -0.2) is 4.79 Å². The van der Waals surface area contributed by atoms with E-state index in [1.807, 2.05) is 11.8 Å². The van der Waals surface area contributed by atoms with E-state index in [9.17, 15) is 14.4 Å². The van der Waals surface area contributed by atoms with E-state index >= 15 is 0 Å². The normalized spacial score (nSPS) is 10.1. The molecule has 0 aliphatic rings. The number of nitrogens with one attached hydrogen (secondary N) is 2. The summed E-state index contributed by atoms with van der Waals surface area (Å²) in [6, 6.07) is -0.470. The van der Waals surface area contributed by atoms with Crippen LogP contribution in [0.5, 0.6) is 0 Å². The number of aliphatic carboxylic acids is 1. The standard InChI is InChI=1S/C14H26N2O4S/c1-21-11-7-3-2-6-10-15-14(20)16-12(17)8-4-5-9-13(18)19/h2-11H2,1H3,(H,18,19)(H2,15,16,17,20). The van der Waals surface area contributed by atoms with Crippen molar-refractivity contribution >= 4 is 29.7 Å². The first-order chi connectivity index (χ1) is 10.1. The van der Waals surface area contributed by atoms with Crippen molar-refractivity contribution < 1.29 is 19.5 Å². The smallest absolute Gasteiger partial charge is 0.321 e. The number of rotatable bonds is 12. The van der Waals surface area contributed by atoms with Gasteiger partial charge in [0.25, 0.3) is 0 Å². The third-order valence-corrected chi connectivity index (χ3v) is 3.56. The Morgan fingerprint density at radius 3 is 2.29 bits per heavy atom. The maximum Gasteiger partial charge on any atom is 0.321 e. The number of unbranched alkanes of at least 4 members (excludes halogenated alkanes) is 4. The summed E-state index contributed by atoms with van der Waals surface area (Å²) in [6.07, 6.45) is 7.57. The van der Waals surface area contributed by atoms with Crippen molar-refractivity contribution in [2.24, 2.45) is 0 Å². The van der Waals surface area contributed by atoms with Crippen LogP contribution in [0.25, 0.3) is 0 Å². The highest BCUT2D eigenvalue weighted by Gasteiger charge is 2.07. The van der Waals surface area contributed by atoms with Crippen LogP contribution < -0.4 is 10.6 Å². The molecular formula is C14H26N2O4S. The summed E-state index contributed by atoms with van der Waals surface area (Å²) in [7, 11) is 0. The second-order valence-electron chi connectivity index (χ2n) is 4.81. The van der Waals surface area contributed by atoms with Crippen LogP contribution in [0.2, 0.25) is 0 Å². The van der Waals surface area contributed by atoms with E-state index in [0.29, 0.717) is 19.4 Å². The van der Waals surface area contributed by atoms with E-state index in [2.05, 4.69) is 16.9 Å². The third kappa shape index (κ3) is 15.0. The SMILES string of the molecule is CSCCCCCCNC(=O)NC(=O)CCCCC(=O)O. The number of carbonyl (C=O) groups is 3. The molecule has 0 spiro atoms. The van der Waals surface area contributed by atoms with Crippen LogP contribution in [-0.2, 0) is 9.59 Å². The van der Waals surface area contributed by atoms with Crippen LogP contribution in [0.15, 0.2) is 0 Å². The molecule has 3 amide bonds. The van der Waals surface area contributed by atoms with Crippen LogP contribution in [0.4, 0.5) is 4.79 Å². The first-order valence-corrected chi connectivity index (χ1v) is 8.74. The first kappa shape index (κ1) is 19.8. The van der Waals surface area contributed by atoms with Crippen LogP contribution >= 0.6 is 11.8 Å². The molecule has 0 aromatic carbocycles. The van der Waals surface area contributed by atoms with Crippen LogP contribution in [-0.4, -0.2) is 41.6 Å². The Morgan fingerprint density at radius 1 is 0.952 bits per heavy atom. The highest BCUT2D eigenvalue weighted by atomic mass is 32.2. The summed E-state index contributed by atoms with van der Waals surface area (Å²) in [5.74, 6) is -0.0619. The molecule has 6 nitrogen and oxygen atoms in total. The molecule has 0 rings (SSSR count). The lowest BCUT2D eigenvalue weighted by molar-refractivity contribution is -0.137. The third-order valence-electron chi connectivity index (χ3n) is 2.86. The summed E-state index contributed by atoms with van der Waals surface area (Å²) in [4.78, 5) is 33.1. The highest BCUT2D eigenvalue weighted by Crippen LogP contribution is 2.03. The van der Waals surface area contributed by atoms with Gasteiger partial charge in [-0.3, -0.25) is 14.9 Å². The molecule has 0 heterocycles. The Morgan fingerprint density at radius 2 is 1.62 bits per heavy atom. The van der Waals surface area contributed by atoms with Gasteiger partial charge in [-0.1, -0.05) is 12.8 Å². The molecule has 21 heavy (non-hydrogen) atoms. The molecule has 0 unspecified atom stereocenters. The molecule has 0 saturated heterocycles. The lowest BCUT2D eigenvalue weighted by Crippen LogP contribution is -2.39. The van der Waals surface area contributed by atoms with E-state index in [4.69, 9.17) is 5.11 Å². The summed E-state index contributed by atoms with van der Waals surface area (Å²) in [5.41, 5.74) is 0. The molecule has 7 heteroatoms. The van der Waals surface area contributed by atoms with Crippen molar-refractivity contribution in [3.8, 4) is 0 Å². The molecule has 0 atom stereocenters. The van der Waals surface area contributed by atoms with Gasteiger partial charge in [-0.05, 0) is 37.7 Å². The summed E-state index contributed by atoms with van der Waals surface area (Å²) < 4.78 is 0. The largest absolute Gasteiger partial charge is 0.481 e. The average molecular weight is 318 g/mol. The van der Waals surface area contributed by atoms with Gasteiger partial charge in [-0.15, -0.1) is 0 Å². The molecule has 0 bridgehead atoms. The molecule has 0 radical (unpaired) electrons. The Bertz CT molecular complexity index is 324. The fourth-order valence-electron chi connectivity index (χ4n) is 1.72. The fraction of sp³-hybridized carbons (Fsp3) is 0.786. The van der Waals surface area contributed by atoms with Crippen molar-refractivity contribution in [2.45, 2.75) is 51.4 Å². The maximum atomic E-state index is 11.4. The van der Waals surface area contributed by atoms with Crippen LogP contribution in [0.3, 0.4) is 0 Å². The van der Waals surface area contributed by atoms with Gasteiger partial charge >= 0.3 is 12.0 Å². The van der Waals surface area contributed by atoms with Gasteiger partial charge in [0.1, 0.15) is 0 Å². The summed E-state index contributed by atoms with van der Waals surface area (Å²) in [6.45, 7) is 0.567. The van der Waals surface area contributed by atoms with Gasteiger partial charge < -0.3 is 10.4 Å². The Hall–Kier alpha value is -1.24. The predicted molar refractivity (Wildman–Crippen MR) is 84.5 cm³/mol. The van der Waals surface area contributed by atoms with Gasteiger partial charge in [0.15, 0.2) is 0 Å². The van der Waals surface area contributed by atoms with Crippen molar-refractivity contribution in [1.82, 2.24) is 10.6 Å². The molecular weight excluding hydrogens is 292 g/mol. The maximum absolute atomic E-state index is 11.4. The Kier molecular flexibility index (Phi) is 12.9. The van der Waals surface area contributed by atoms with Gasteiger partial charge in [0, 0.05) is 19.4 Å². The van der Waals surface area contributed by atoms with Crippen molar-refractivity contribution in [3.05, 3.63) is 0 Å². The monoisotopic (exact) mass is 318 g/mol. The molecule has 0 fully saturated rings. The number of imide groups is 1. The average Bonchev–Trinajstić information content (AvgIpc) is 2.42. The van der Waals surface area contributed by atoms with E-state index in [-0.39, 0.29) is 18.7 Å². The van der Waals surface area contributed by atoms with E-state index in [1.54, 1.807) is 0 Å². The number of carboxylic acid groups (broad SMARTS) is 1. The number of hydrogen-bond donors (Lipinski definition) is 3. The summed E-state index contributed by atoms with van der Waals surface area (Å²) in [5, 5.41) is 13.3. The predicted octanol–water partition coefficient (Wildman–Crippen LogP) is 2.38. The minimum absolute atomic E-state index is 0.0516. The molecule has 3 N–H and O–H groups in total. The first-order valence-electron chi connectivity index (χ1n) is 7.34. The molecule has 0 aliphatic heterocycles.